The zero-order valence-corrected chi connectivity index (χ0v) is 15.4. The maximum Gasteiger partial charge on any atom is 0.416 e. The number of fused-ring (bicyclic) bond motifs is 1. The number of hydrogen-bond acceptors (Lipinski definition) is 5. The van der Waals surface area contributed by atoms with E-state index in [-0.39, 0.29) is 4.68 Å². The molecule has 162 valence electrons. The van der Waals surface area contributed by atoms with Gasteiger partial charge in [-0.3, -0.25) is 4.79 Å². The fraction of sp³-hybridized carbons (Fsp3) is 0.429. The molecule has 1 unspecified atom stereocenters. The van der Waals surface area contributed by atoms with E-state index in [4.69, 9.17) is 0 Å². The summed E-state index contributed by atoms with van der Waals surface area (Å²) < 4.78 is 104. The second-order valence-electron chi connectivity index (χ2n) is 5.99. The minimum absolute atomic E-state index is 0.00987. The van der Waals surface area contributed by atoms with Gasteiger partial charge in [0.05, 0.1) is 28.8 Å². The van der Waals surface area contributed by atoms with Crippen molar-refractivity contribution in [3.63, 3.8) is 0 Å². The molecule has 15 heteroatoms. The van der Waals surface area contributed by atoms with Crippen molar-refractivity contribution in [1.82, 2.24) is 9.66 Å². The molecule has 2 aromatic rings. The van der Waals surface area contributed by atoms with Crippen molar-refractivity contribution < 1.29 is 39.5 Å². The van der Waals surface area contributed by atoms with Gasteiger partial charge in [-0.25, -0.2) is 18.0 Å². The molecule has 8 nitrogen and oxygen atoms in total. The number of hydrogen-bond donors (Lipinski definition) is 2. The van der Waals surface area contributed by atoms with Crippen molar-refractivity contribution in [2.45, 2.75) is 25.4 Å². The van der Waals surface area contributed by atoms with Crippen molar-refractivity contribution in [3.8, 4) is 0 Å². The molecule has 0 bridgehead atoms. The van der Waals surface area contributed by atoms with Crippen LogP contribution in [0.5, 0.6) is 0 Å². The molecule has 2 rings (SSSR count). The molecule has 0 fully saturated rings. The monoisotopic (exact) mass is 449 g/mol. The number of sulfonamides is 1. The van der Waals surface area contributed by atoms with Crippen LogP contribution in [0, 0.1) is 0 Å². The number of aromatic nitrogens is 2. The van der Waals surface area contributed by atoms with Gasteiger partial charge in [-0.1, -0.05) is 0 Å². The van der Waals surface area contributed by atoms with E-state index in [2.05, 4.69) is 4.74 Å². The Hall–Kier alpha value is -2.55. The number of benzene rings is 1. The van der Waals surface area contributed by atoms with Crippen molar-refractivity contribution in [1.29, 1.82) is 0 Å². The Morgan fingerprint density at radius 3 is 2.24 bits per heavy atom. The first kappa shape index (κ1) is 22.7. The summed E-state index contributed by atoms with van der Waals surface area (Å²) in [6.45, 7) is -0.921. The Kier molecular flexibility index (Phi) is 5.77. The first-order chi connectivity index (χ1) is 13.0. The van der Waals surface area contributed by atoms with Crippen LogP contribution in [0.1, 0.15) is 24.2 Å². The van der Waals surface area contributed by atoms with E-state index in [1.165, 1.54) is 0 Å². The van der Waals surface area contributed by atoms with Crippen LogP contribution in [0.15, 0.2) is 21.7 Å². The Morgan fingerprint density at radius 1 is 1.17 bits per heavy atom. The molecular formula is C14H13F6N3O5S. The van der Waals surface area contributed by atoms with E-state index >= 15 is 0 Å². The number of nitrogens with one attached hydrogen (secondary N) is 2. The minimum atomic E-state index is -5.05. The molecule has 1 atom stereocenters. The summed E-state index contributed by atoms with van der Waals surface area (Å²) in [7, 11) is -4.11. The molecule has 1 aromatic carbocycles. The minimum Gasteiger partial charge on any atom is -0.364 e. The molecule has 0 aliphatic carbocycles. The maximum atomic E-state index is 13.4. The largest absolute Gasteiger partial charge is 0.416 e. The highest BCUT2D eigenvalue weighted by molar-refractivity contribution is 7.91. The quantitative estimate of drug-likeness (QED) is 0.678. The normalized spacial score (nSPS) is 14.2. The molecule has 0 radical (unpaired) electrons. The van der Waals surface area contributed by atoms with Crippen LogP contribution < -0.4 is 16.1 Å². The van der Waals surface area contributed by atoms with E-state index in [9.17, 15) is 44.3 Å². The molecule has 0 amide bonds. The van der Waals surface area contributed by atoms with Crippen molar-refractivity contribution in [2.75, 3.05) is 17.7 Å². The van der Waals surface area contributed by atoms with Crippen LogP contribution in [0.4, 0.5) is 26.3 Å². The van der Waals surface area contributed by atoms with Crippen LogP contribution in [-0.2, 0) is 20.9 Å². The van der Waals surface area contributed by atoms with Gasteiger partial charge in [0.25, 0.3) is 5.56 Å². The SMILES string of the molecule is CC(OCC(F)(F)F)c1cc2c(=O)n(NS(C)(=O)=O)c(=O)[nH]c2cc1C(F)(F)F. The average Bonchev–Trinajstić information content (AvgIpc) is 2.53. The second kappa shape index (κ2) is 7.37. The highest BCUT2D eigenvalue weighted by Crippen LogP contribution is 2.37. The summed E-state index contributed by atoms with van der Waals surface area (Å²) in [6.07, 6.45) is -11.0. The summed E-state index contributed by atoms with van der Waals surface area (Å²) in [6, 6.07) is 0.962. The molecule has 0 aliphatic rings. The number of H-pyrrole nitrogens is 1. The third-order valence-electron chi connectivity index (χ3n) is 3.57. The molecule has 2 N–H and O–H groups in total. The number of ether oxygens (including phenoxy) is 1. The summed E-state index contributed by atoms with van der Waals surface area (Å²) >= 11 is 0. The van der Waals surface area contributed by atoms with Gasteiger partial charge < -0.3 is 9.72 Å². The first-order valence-electron chi connectivity index (χ1n) is 7.56. The van der Waals surface area contributed by atoms with Gasteiger partial charge in [-0.05, 0) is 24.6 Å². The van der Waals surface area contributed by atoms with Crippen molar-refractivity contribution >= 4 is 20.9 Å². The van der Waals surface area contributed by atoms with Gasteiger partial charge in [0.2, 0.25) is 10.0 Å². The zero-order valence-electron chi connectivity index (χ0n) is 14.6. The third kappa shape index (κ3) is 5.50. The summed E-state index contributed by atoms with van der Waals surface area (Å²) in [5.41, 5.74) is -5.51. The van der Waals surface area contributed by atoms with Crippen LogP contribution in [0.25, 0.3) is 10.9 Å². The number of halogens is 6. The molecule has 0 spiro atoms. The summed E-state index contributed by atoms with van der Waals surface area (Å²) in [5, 5.41) is -0.578. The molecular weight excluding hydrogens is 436 g/mol. The lowest BCUT2D eigenvalue weighted by atomic mass is 10.00. The number of rotatable bonds is 5. The highest BCUT2D eigenvalue weighted by Gasteiger charge is 2.37. The molecule has 29 heavy (non-hydrogen) atoms. The lowest BCUT2D eigenvalue weighted by Gasteiger charge is -2.20. The fourth-order valence-electron chi connectivity index (χ4n) is 2.42. The number of nitrogens with zero attached hydrogens (tertiary/aromatic N) is 1. The number of aromatic amines is 1. The third-order valence-corrected chi connectivity index (χ3v) is 4.08. The highest BCUT2D eigenvalue weighted by atomic mass is 32.2. The van der Waals surface area contributed by atoms with E-state index in [1.807, 2.05) is 4.98 Å². The lowest BCUT2D eigenvalue weighted by Crippen LogP contribution is -2.43. The molecule has 0 aliphatic heterocycles. The standard InChI is InChI=1S/C14H13F6N3O5S/c1-6(28-5-13(15,16)17)7-3-8-10(4-9(7)14(18,19)20)21-12(25)23(11(8)24)22-29(2,26)27/h3-4,6,22H,5H2,1-2H3,(H,21,25). The maximum absolute atomic E-state index is 13.4. The van der Waals surface area contributed by atoms with Crippen LogP contribution in [0.2, 0.25) is 0 Å². The molecule has 0 saturated heterocycles. The Bertz CT molecular complexity index is 1150. The predicted octanol–water partition coefficient (Wildman–Crippen LogP) is 1.85. The van der Waals surface area contributed by atoms with E-state index < -0.39 is 68.4 Å². The van der Waals surface area contributed by atoms with Crippen molar-refractivity contribution in [3.05, 3.63) is 44.1 Å². The van der Waals surface area contributed by atoms with Crippen LogP contribution >= 0.6 is 0 Å². The lowest BCUT2D eigenvalue weighted by molar-refractivity contribution is -0.185. The molecule has 1 aromatic heterocycles. The molecule has 0 saturated carbocycles. The van der Waals surface area contributed by atoms with Gasteiger partial charge in [0.15, 0.2) is 0 Å². The Balaban J connectivity index is 2.74. The zero-order chi connectivity index (χ0) is 22.4. The van der Waals surface area contributed by atoms with Crippen LogP contribution in [0.3, 0.4) is 0 Å². The summed E-state index contributed by atoms with van der Waals surface area (Å²) in [5.74, 6) is 0. The fourth-order valence-corrected chi connectivity index (χ4v) is 2.92. The predicted molar refractivity (Wildman–Crippen MR) is 88.5 cm³/mol. The van der Waals surface area contributed by atoms with Gasteiger partial charge >= 0.3 is 18.0 Å². The summed E-state index contributed by atoms with van der Waals surface area (Å²) in [4.78, 5) is 27.8. The van der Waals surface area contributed by atoms with E-state index in [0.29, 0.717) is 18.4 Å². The first-order valence-corrected chi connectivity index (χ1v) is 9.45. The number of alkyl halides is 6. The molecule has 1 heterocycles. The smallest absolute Gasteiger partial charge is 0.364 e. The van der Waals surface area contributed by atoms with Gasteiger partial charge in [-0.2, -0.15) is 31.0 Å². The van der Waals surface area contributed by atoms with Crippen LogP contribution in [-0.4, -0.2) is 37.1 Å². The Morgan fingerprint density at radius 2 is 1.76 bits per heavy atom. The topological polar surface area (TPSA) is 110 Å². The van der Waals surface area contributed by atoms with Gasteiger partial charge in [-0.15, -0.1) is 0 Å². The average molecular weight is 449 g/mol. The van der Waals surface area contributed by atoms with E-state index in [1.54, 1.807) is 4.83 Å². The van der Waals surface area contributed by atoms with Gasteiger partial charge in [0, 0.05) is 0 Å². The van der Waals surface area contributed by atoms with E-state index in [0.717, 1.165) is 6.92 Å². The van der Waals surface area contributed by atoms with Crippen molar-refractivity contribution in [2.24, 2.45) is 0 Å². The Labute approximate surface area is 158 Å². The van der Waals surface area contributed by atoms with Gasteiger partial charge in [0.1, 0.15) is 6.61 Å². The second-order valence-corrected chi connectivity index (χ2v) is 7.71.